The van der Waals surface area contributed by atoms with Gasteiger partial charge in [0.2, 0.25) is 5.91 Å². The maximum atomic E-state index is 12.0. The summed E-state index contributed by atoms with van der Waals surface area (Å²) in [6.45, 7) is 4.23. The lowest BCUT2D eigenvalue weighted by Gasteiger charge is -2.13. The molecule has 0 radical (unpaired) electrons. The number of aryl methyl sites for hydroxylation is 1. The van der Waals surface area contributed by atoms with Crippen LogP contribution in [0.15, 0.2) is 24.3 Å². The van der Waals surface area contributed by atoms with E-state index in [0.717, 1.165) is 17.7 Å². The van der Waals surface area contributed by atoms with Crippen LogP contribution in [0.1, 0.15) is 30.9 Å². The van der Waals surface area contributed by atoms with Crippen molar-refractivity contribution in [1.29, 1.82) is 0 Å². The molecule has 2 rings (SSSR count). The number of benzene rings is 1. The van der Waals surface area contributed by atoms with Gasteiger partial charge >= 0.3 is 6.03 Å². The van der Waals surface area contributed by atoms with Gasteiger partial charge in [0.1, 0.15) is 12.6 Å². The molecular formula is C17H23N3O3. The highest BCUT2D eigenvalue weighted by atomic mass is 16.2. The highest BCUT2D eigenvalue weighted by molar-refractivity contribution is 6.06. The lowest BCUT2D eigenvalue weighted by Crippen LogP contribution is -2.41. The van der Waals surface area contributed by atoms with Crippen molar-refractivity contribution in [2.75, 3.05) is 13.1 Å². The zero-order chi connectivity index (χ0) is 16.8. The van der Waals surface area contributed by atoms with E-state index in [1.165, 1.54) is 11.1 Å². The van der Waals surface area contributed by atoms with E-state index >= 15 is 0 Å². The molecule has 0 saturated carbocycles. The maximum Gasteiger partial charge on any atom is 0.325 e. The summed E-state index contributed by atoms with van der Waals surface area (Å²) in [6, 6.07) is 7.01. The molecule has 124 valence electrons. The summed E-state index contributed by atoms with van der Waals surface area (Å²) in [5.41, 5.74) is 2.35. The first-order valence-corrected chi connectivity index (χ1v) is 7.96. The molecule has 1 fully saturated rings. The fraction of sp³-hybridized carbons (Fsp3) is 0.471. The monoisotopic (exact) mass is 317 g/mol. The molecule has 23 heavy (non-hydrogen) atoms. The molecule has 0 bridgehead atoms. The Morgan fingerprint density at radius 2 is 2.04 bits per heavy atom. The average molecular weight is 317 g/mol. The zero-order valence-electron chi connectivity index (χ0n) is 13.6. The van der Waals surface area contributed by atoms with Crippen LogP contribution in [0.5, 0.6) is 0 Å². The Balaban J connectivity index is 1.80. The third-order valence-corrected chi connectivity index (χ3v) is 3.96. The van der Waals surface area contributed by atoms with E-state index < -0.39 is 12.1 Å². The number of imide groups is 1. The molecule has 1 aromatic carbocycles. The molecule has 2 N–H and O–H groups in total. The number of urea groups is 1. The van der Waals surface area contributed by atoms with E-state index in [0.29, 0.717) is 13.0 Å². The number of amides is 4. The van der Waals surface area contributed by atoms with Gasteiger partial charge in [-0.3, -0.25) is 14.5 Å². The van der Waals surface area contributed by atoms with Crippen LogP contribution in [0.2, 0.25) is 0 Å². The SMILES string of the molecule is CCCC1NC(=O)N(CC(=O)NCCc2ccccc2C)C1=O. The van der Waals surface area contributed by atoms with Crippen molar-refractivity contribution in [3.63, 3.8) is 0 Å². The second-order valence-electron chi connectivity index (χ2n) is 5.74. The summed E-state index contributed by atoms with van der Waals surface area (Å²) in [6.07, 6.45) is 2.11. The third-order valence-electron chi connectivity index (χ3n) is 3.96. The zero-order valence-corrected chi connectivity index (χ0v) is 13.6. The number of nitrogens with one attached hydrogen (secondary N) is 2. The number of carbonyl (C=O) groups excluding carboxylic acids is 3. The fourth-order valence-electron chi connectivity index (χ4n) is 2.64. The highest BCUT2D eigenvalue weighted by Crippen LogP contribution is 2.10. The second kappa shape index (κ2) is 7.76. The molecule has 1 aromatic rings. The quantitative estimate of drug-likeness (QED) is 0.746. The summed E-state index contributed by atoms with van der Waals surface area (Å²) in [5, 5.41) is 5.37. The standard InChI is InChI=1S/C17H23N3O3/c1-3-6-14-16(22)20(17(23)19-14)11-15(21)18-10-9-13-8-5-4-7-12(13)2/h4-5,7-8,14H,3,6,9-11H2,1-2H3,(H,18,21)(H,19,23). The second-order valence-corrected chi connectivity index (χ2v) is 5.74. The van der Waals surface area contributed by atoms with E-state index in [9.17, 15) is 14.4 Å². The van der Waals surface area contributed by atoms with Gasteiger partial charge in [0.15, 0.2) is 0 Å². The van der Waals surface area contributed by atoms with Crippen molar-refractivity contribution < 1.29 is 14.4 Å². The van der Waals surface area contributed by atoms with Crippen LogP contribution < -0.4 is 10.6 Å². The Labute approximate surface area is 136 Å². The number of rotatable bonds is 7. The highest BCUT2D eigenvalue weighted by Gasteiger charge is 2.38. The van der Waals surface area contributed by atoms with Crippen LogP contribution in [0, 0.1) is 6.92 Å². The summed E-state index contributed by atoms with van der Waals surface area (Å²) in [4.78, 5) is 36.7. The Bertz CT molecular complexity index is 601. The van der Waals surface area contributed by atoms with Gasteiger partial charge in [0.05, 0.1) is 0 Å². The van der Waals surface area contributed by atoms with E-state index in [2.05, 4.69) is 10.6 Å². The largest absolute Gasteiger partial charge is 0.354 e. The van der Waals surface area contributed by atoms with Gasteiger partial charge in [-0.25, -0.2) is 4.79 Å². The molecule has 6 heteroatoms. The van der Waals surface area contributed by atoms with Crippen LogP contribution in [0.4, 0.5) is 4.79 Å². The molecule has 1 unspecified atom stereocenters. The van der Waals surface area contributed by atoms with Gasteiger partial charge < -0.3 is 10.6 Å². The minimum atomic E-state index is -0.493. The van der Waals surface area contributed by atoms with Crippen molar-refractivity contribution in [3.05, 3.63) is 35.4 Å². The summed E-state index contributed by atoms with van der Waals surface area (Å²) >= 11 is 0. The molecule has 1 atom stereocenters. The van der Waals surface area contributed by atoms with Gasteiger partial charge in [-0.05, 0) is 30.9 Å². The van der Waals surface area contributed by atoms with Crippen molar-refractivity contribution in [1.82, 2.24) is 15.5 Å². The molecule has 0 aliphatic carbocycles. The van der Waals surface area contributed by atoms with Gasteiger partial charge in [0.25, 0.3) is 5.91 Å². The molecule has 0 aromatic heterocycles. The lowest BCUT2D eigenvalue weighted by atomic mass is 10.1. The van der Waals surface area contributed by atoms with Crippen LogP contribution in [0.25, 0.3) is 0 Å². The predicted molar refractivity (Wildman–Crippen MR) is 86.8 cm³/mol. The number of hydrogen-bond acceptors (Lipinski definition) is 3. The van der Waals surface area contributed by atoms with Gasteiger partial charge in [-0.2, -0.15) is 0 Å². The fourth-order valence-corrected chi connectivity index (χ4v) is 2.64. The first kappa shape index (κ1) is 17.0. The Kier molecular flexibility index (Phi) is 5.73. The molecule has 1 heterocycles. The van der Waals surface area contributed by atoms with E-state index in [4.69, 9.17) is 0 Å². The van der Waals surface area contributed by atoms with E-state index in [1.54, 1.807) is 0 Å². The minimum absolute atomic E-state index is 0.224. The Hall–Kier alpha value is -2.37. The minimum Gasteiger partial charge on any atom is -0.354 e. The van der Waals surface area contributed by atoms with E-state index in [-0.39, 0.29) is 18.4 Å². The first-order chi connectivity index (χ1) is 11.0. The third kappa shape index (κ3) is 4.31. The molecule has 0 spiro atoms. The number of carbonyl (C=O) groups is 3. The summed E-state index contributed by atoms with van der Waals surface area (Å²) in [5.74, 6) is -0.634. The van der Waals surface area contributed by atoms with Crippen LogP contribution in [-0.4, -0.2) is 41.9 Å². The molecule has 1 aliphatic heterocycles. The van der Waals surface area contributed by atoms with Crippen LogP contribution in [0.3, 0.4) is 0 Å². The number of hydrogen-bond donors (Lipinski definition) is 2. The normalized spacial score (nSPS) is 17.3. The van der Waals surface area contributed by atoms with Gasteiger partial charge in [-0.1, -0.05) is 37.6 Å². The first-order valence-electron chi connectivity index (χ1n) is 7.96. The van der Waals surface area contributed by atoms with Crippen molar-refractivity contribution in [2.45, 2.75) is 39.2 Å². The number of nitrogens with zero attached hydrogens (tertiary/aromatic N) is 1. The molecule has 1 saturated heterocycles. The predicted octanol–water partition coefficient (Wildman–Crippen LogP) is 1.37. The summed E-state index contributed by atoms with van der Waals surface area (Å²) in [7, 11) is 0. The smallest absolute Gasteiger partial charge is 0.325 e. The molecule has 1 aliphatic rings. The van der Waals surface area contributed by atoms with E-state index in [1.807, 2.05) is 38.1 Å². The summed E-state index contributed by atoms with van der Waals surface area (Å²) < 4.78 is 0. The Morgan fingerprint density at radius 3 is 2.74 bits per heavy atom. The average Bonchev–Trinajstić information content (AvgIpc) is 2.77. The molecular weight excluding hydrogens is 294 g/mol. The van der Waals surface area contributed by atoms with Crippen LogP contribution in [-0.2, 0) is 16.0 Å². The maximum absolute atomic E-state index is 12.0. The van der Waals surface area contributed by atoms with Gasteiger partial charge in [-0.15, -0.1) is 0 Å². The van der Waals surface area contributed by atoms with Crippen molar-refractivity contribution in [3.8, 4) is 0 Å². The topological polar surface area (TPSA) is 78.5 Å². The van der Waals surface area contributed by atoms with Crippen molar-refractivity contribution in [2.24, 2.45) is 0 Å². The van der Waals surface area contributed by atoms with Crippen molar-refractivity contribution >= 4 is 17.8 Å². The Morgan fingerprint density at radius 1 is 1.30 bits per heavy atom. The lowest BCUT2D eigenvalue weighted by molar-refractivity contribution is -0.132. The molecule has 4 amide bonds. The van der Waals surface area contributed by atoms with Crippen LogP contribution >= 0.6 is 0 Å². The molecule has 6 nitrogen and oxygen atoms in total. The van der Waals surface area contributed by atoms with Gasteiger partial charge in [0, 0.05) is 6.54 Å².